The van der Waals surface area contributed by atoms with E-state index in [2.05, 4.69) is 32.6 Å². The number of ether oxygens (including phenoxy) is 1. The third-order valence-corrected chi connectivity index (χ3v) is 3.89. The Labute approximate surface area is 110 Å². The van der Waals surface area contributed by atoms with Crippen LogP contribution >= 0.6 is 0 Å². The van der Waals surface area contributed by atoms with Gasteiger partial charge in [-0.1, -0.05) is 27.7 Å². The zero-order valence-electron chi connectivity index (χ0n) is 12.1. The van der Waals surface area contributed by atoms with Crippen LogP contribution in [0.5, 0.6) is 0 Å². The fraction of sp³-hybridized carbons (Fsp3) is 0.929. The lowest BCUT2D eigenvalue weighted by Crippen LogP contribution is -2.50. The maximum atomic E-state index is 11.3. The minimum absolute atomic E-state index is 0.0369. The number of rotatable bonds is 7. The van der Waals surface area contributed by atoms with E-state index in [-0.39, 0.29) is 12.0 Å². The molecular weight excluding hydrogens is 230 g/mol. The molecule has 1 fully saturated rings. The molecule has 18 heavy (non-hydrogen) atoms. The molecule has 106 valence electrons. The Morgan fingerprint density at radius 1 is 1.39 bits per heavy atom. The zero-order chi connectivity index (χ0) is 13.7. The second-order valence-electron chi connectivity index (χ2n) is 5.51. The average Bonchev–Trinajstić information content (AvgIpc) is 2.77. The largest absolute Gasteiger partial charge is 0.481 e. The maximum Gasteiger partial charge on any atom is 0.310 e. The Bertz CT molecular complexity index is 268. The van der Waals surface area contributed by atoms with Gasteiger partial charge in [-0.3, -0.25) is 9.69 Å². The summed E-state index contributed by atoms with van der Waals surface area (Å²) in [4.78, 5) is 13.7. The summed E-state index contributed by atoms with van der Waals surface area (Å²) in [5.74, 6) is -0.557. The molecule has 1 rings (SSSR count). The molecule has 0 radical (unpaired) electrons. The van der Waals surface area contributed by atoms with Crippen molar-refractivity contribution in [3.63, 3.8) is 0 Å². The van der Waals surface area contributed by atoms with E-state index in [9.17, 15) is 9.90 Å². The number of nitrogens with zero attached hydrogens (tertiary/aromatic N) is 1. The van der Waals surface area contributed by atoms with E-state index in [0.29, 0.717) is 25.2 Å². The molecule has 0 aliphatic carbocycles. The number of hydrogen-bond donors (Lipinski definition) is 1. The Kier molecular flexibility index (Phi) is 6.09. The highest BCUT2D eigenvalue weighted by Gasteiger charge is 2.40. The van der Waals surface area contributed by atoms with E-state index < -0.39 is 5.97 Å². The first-order chi connectivity index (χ1) is 8.52. The Balaban J connectivity index is 2.85. The Morgan fingerprint density at radius 2 is 2.06 bits per heavy atom. The maximum absolute atomic E-state index is 11.3. The van der Waals surface area contributed by atoms with Crippen LogP contribution in [0, 0.1) is 11.8 Å². The van der Waals surface area contributed by atoms with Crippen molar-refractivity contribution in [1.29, 1.82) is 0 Å². The number of carbonyl (C=O) groups is 1. The lowest BCUT2D eigenvalue weighted by Gasteiger charge is -2.39. The molecule has 4 heteroatoms. The molecule has 1 N–H and O–H groups in total. The average molecular weight is 257 g/mol. The van der Waals surface area contributed by atoms with E-state index >= 15 is 0 Å². The minimum atomic E-state index is -0.725. The molecule has 1 aliphatic rings. The second kappa shape index (κ2) is 7.10. The van der Waals surface area contributed by atoms with Gasteiger partial charge in [-0.05, 0) is 25.3 Å². The summed E-state index contributed by atoms with van der Waals surface area (Å²) >= 11 is 0. The Morgan fingerprint density at radius 3 is 2.50 bits per heavy atom. The van der Waals surface area contributed by atoms with Crippen LogP contribution in [0.2, 0.25) is 0 Å². The molecule has 3 atom stereocenters. The normalized spacial score (nSPS) is 25.9. The van der Waals surface area contributed by atoms with Crippen LogP contribution < -0.4 is 0 Å². The first kappa shape index (κ1) is 15.4. The molecule has 0 aromatic rings. The van der Waals surface area contributed by atoms with Gasteiger partial charge in [0, 0.05) is 12.1 Å². The fourth-order valence-corrected chi connectivity index (χ4v) is 3.03. The van der Waals surface area contributed by atoms with Crippen LogP contribution in [0.3, 0.4) is 0 Å². The molecule has 1 saturated heterocycles. The molecular formula is C14H27NO3. The van der Waals surface area contributed by atoms with Crippen molar-refractivity contribution >= 4 is 5.97 Å². The zero-order valence-corrected chi connectivity index (χ0v) is 12.1. The van der Waals surface area contributed by atoms with Gasteiger partial charge in [-0.25, -0.2) is 0 Å². The molecule has 0 aromatic carbocycles. The van der Waals surface area contributed by atoms with E-state index in [1.165, 1.54) is 0 Å². The second-order valence-corrected chi connectivity index (χ2v) is 5.51. The summed E-state index contributed by atoms with van der Waals surface area (Å²) in [6, 6.07) is 0.480. The first-order valence-corrected chi connectivity index (χ1v) is 7.09. The number of hydrogen-bond acceptors (Lipinski definition) is 3. The summed E-state index contributed by atoms with van der Waals surface area (Å²) in [6.45, 7) is 10.6. The number of carboxylic acids is 1. The van der Waals surface area contributed by atoms with Crippen molar-refractivity contribution in [2.24, 2.45) is 11.8 Å². The molecule has 4 nitrogen and oxygen atoms in total. The van der Waals surface area contributed by atoms with Crippen molar-refractivity contribution < 1.29 is 14.6 Å². The van der Waals surface area contributed by atoms with Crippen LogP contribution in [0.4, 0.5) is 0 Å². The van der Waals surface area contributed by atoms with Gasteiger partial charge >= 0.3 is 5.97 Å². The number of aliphatic carboxylic acids is 1. The lowest BCUT2D eigenvalue weighted by molar-refractivity contribution is -0.143. The SMILES string of the molecule is CCCN(C(CC)C(C)C)C1COCC1C(=O)O. The Hall–Kier alpha value is -0.610. The highest BCUT2D eigenvalue weighted by molar-refractivity contribution is 5.71. The predicted octanol–water partition coefficient (Wildman–Crippen LogP) is 2.23. The van der Waals surface area contributed by atoms with Gasteiger partial charge in [-0.2, -0.15) is 0 Å². The van der Waals surface area contributed by atoms with E-state index in [0.717, 1.165) is 19.4 Å². The van der Waals surface area contributed by atoms with Gasteiger partial charge in [0.1, 0.15) is 0 Å². The van der Waals surface area contributed by atoms with E-state index in [1.54, 1.807) is 0 Å². The van der Waals surface area contributed by atoms with E-state index in [1.807, 2.05) is 0 Å². The molecule has 0 spiro atoms. The fourth-order valence-electron chi connectivity index (χ4n) is 3.03. The van der Waals surface area contributed by atoms with Gasteiger partial charge in [-0.15, -0.1) is 0 Å². The topological polar surface area (TPSA) is 49.8 Å². The molecule has 0 aromatic heterocycles. The third kappa shape index (κ3) is 3.45. The van der Waals surface area contributed by atoms with Crippen molar-refractivity contribution in [1.82, 2.24) is 4.90 Å². The van der Waals surface area contributed by atoms with Gasteiger partial charge in [0.25, 0.3) is 0 Å². The van der Waals surface area contributed by atoms with Gasteiger partial charge in [0.05, 0.1) is 19.1 Å². The summed E-state index contributed by atoms with van der Waals surface area (Å²) in [7, 11) is 0. The summed E-state index contributed by atoms with van der Waals surface area (Å²) in [5.41, 5.74) is 0. The van der Waals surface area contributed by atoms with Gasteiger partial charge in [0.2, 0.25) is 0 Å². The van der Waals surface area contributed by atoms with Crippen LogP contribution in [0.1, 0.15) is 40.5 Å². The van der Waals surface area contributed by atoms with Crippen molar-refractivity contribution in [3.8, 4) is 0 Å². The lowest BCUT2D eigenvalue weighted by atomic mass is 9.94. The molecule has 1 aliphatic heterocycles. The smallest absolute Gasteiger partial charge is 0.310 e. The molecule has 0 saturated carbocycles. The number of carboxylic acid groups (broad SMARTS) is 1. The molecule has 0 amide bonds. The predicted molar refractivity (Wildman–Crippen MR) is 71.6 cm³/mol. The first-order valence-electron chi connectivity index (χ1n) is 7.09. The van der Waals surface area contributed by atoms with Crippen LogP contribution in [0.15, 0.2) is 0 Å². The molecule has 1 heterocycles. The van der Waals surface area contributed by atoms with Gasteiger partial charge < -0.3 is 9.84 Å². The highest BCUT2D eigenvalue weighted by atomic mass is 16.5. The van der Waals surface area contributed by atoms with Gasteiger partial charge in [0.15, 0.2) is 0 Å². The highest BCUT2D eigenvalue weighted by Crippen LogP contribution is 2.26. The van der Waals surface area contributed by atoms with Crippen molar-refractivity contribution in [2.75, 3.05) is 19.8 Å². The summed E-state index contributed by atoms with van der Waals surface area (Å²) in [5, 5.41) is 9.29. The minimum Gasteiger partial charge on any atom is -0.481 e. The summed E-state index contributed by atoms with van der Waals surface area (Å²) < 4.78 is 5.41. The van der Waals surface area contributed by atoms with Crippen molar-refractivity contribution in [2.45, 2.75) is 52.6 Å². The molecule has 0 bridgehead atoms. The standard InChI is InChI=1S/C14H27NO3/c1-5-7-15(12(6-2)10(3)4)13-9-18-8-11(13)14(16)17/h10-13H,5-9H2,1-4H3,(H,16,17). The monoisotopic (exact) mass is 257 g/mol. The van der Waals surface area contributed by atoms with Crippen LogP contribution in [0.25, 0.3) is 0 Å². The van der Waals surface area contributed by atoms with Crippen LogP contribution in [-0.4, -0.2) is 47.8 Å². The summed E-state index contributed by atoms with van der Waals surface area (Å²) in [6.07, 6.45) is 2.10. The molecule has 3 unspecified atom stereocenters. The third-order valence-electron chi connectivity index (χ3n) is 3.89. The van der Waals surface area contributed by atoms with Crippen LogP contribution in [-0.2, 0) is 9.53 Å². The van der Waals surface area contributed by atoms with E-state index in [4.69, 9.17) is 4.74 Å². The quantitative estimate of drug-likeness (QED) is 0.760. The van der Waals surface area contributed by atoms with Crippen molar-refractivity contribution in [3.05, 3.63) is 0 Å².